The van der Waals surface area contributed by atoms with Crippen LogP contribution in [0.5, 0.6) is 0 Å². The van der Waals surface area contributed by atoms with Crippen LogP contribution in [0.15, 0.2) is 24.4 Å². The molecule has 0 bridgehead atoms. The van der Waals surface area contributed by atoms with E-state index in [1.54, 1.807) is 10.6 Å². The Labute approximate surface area is 148 Å². The van der Waals surface area contributed by atoms with Crippen molar-refractivity contribution in [1.29, 1.82) is 0 Å². The van der Waals surface area contributed by atoms with Crippen molar-refractivity contribution in [2.45, 2.75) is 45.4 Å². The van der Waals surface area contributed by atoms with Gasteiger partial charge in [0.25, 0.3) is 11.8 Å². The third kappa shape index (κ3) is 3.83. The smallest absolute Gasteiger partial charge is 0.287 e. The van der Waals surface area contributed by atoms with Crippen LogP contribution in [-0.2, 0) is 0 Å². The molecule has 3 heterocycles. The highest BCUT2D eigenvalue weighted by molar-refractivity contribution is 6.02. The van der Waals surface area contributed by atoms with Crippen molar-refractivity contribution in [1.82, 2.24) is 19.6 Å². The molecule has 134 valence electrons. The van der Waals surface area contributed by atoms with Gasteiger partial charge < -0.3 is 10.2 Å². The van der Waals surface area contributed by atoms with E-state index < -0.39 is 0 Å². The van der Waals surface area contributed by atoms with E-state index >= 15 is 0 Å². The number of carbonyl (C=O) groups is 2. The normalized spacial score (nSPS) is 15.2. The summed E-state index contributed by atoms with van der Waals surface area (Å²) in [5.41, 5.74) is 1.07. The van der Waals surface area contributed by atoms with Crippen molar-refractivity contribution >= 4 is 17.3 Å². The van der Waals surface area contributed by atoms with Gasteiger partial charge in [0.2, 0.25) is 5.82 Å². The van der Waals surface area contributed by atoms with Crippen LogP contribution in [-0.4, -0.2) is 45.7 Å². The second-order valence-electron chi connectivity index (χ2n) is 6.56. The zero-order chi connectivity index (χ0) is 17.6. The molecule has 6 nitrogen and oxygen atoms in total. The van der Waals surface area contributed by atoms with Crippen molar-refractivity contribution in [2.75, 3.05) is 19.6 Å². The van der Waals surface area contributed by atoms with Crippen LogP contribution in [0.4, 0.5) is 0 Å². The van der Waals surface area contributed by atoms with Crippen LogP contribution in [0.1, 0.15) is 66.6 Å². The highest BCUT2D eigenvalue weighted by atomic mass is 16.2. The second-order valence-corrected chi connectivity index (χ2v) is 6.56. The van der Waals surface area contributed by atoms with E-state index in [2.05, 4.69) is 17.2 Å². The summed E-state index contributed by atoms with van der Waals surface area (Å²) in [6, 6.07) is 5.56. The molecule has 2 aromatic heterocycles. The molecule has 3 rings (SSSR count). The maximum Gasteiger partial charge on any atom is 0.287 e. The van der Waals surface area contributed by atoms with Gasteiger partial charge in [0.15, 0.2) is 5.69 Å². The van der Waals surface area contributed by atoms with Gasteiger partial charge in [-0.1, -0.05) is 32.3 Å². The number of rotatable bonds is 5. The van der Waals surface area contributed by atoms with Crippen LogP contribution in [0, 0.1) is 0 Å². The summed E-state index contributed by atoms with van der Waals surface area (Å²) in [5, 5.41) is 2.89. The lowest BCUT2D eigenvalue weighted by molar-refractivity contribution is 0.0758. The quantitative estimate of drug-likeness (QED) is 0.850. The second kappa shape index (κ2) is 8.14. The summed E-state index contributed by atoms with van der Waals surface area (Å²) in [5.74, 6) is -0.0207. The number of likely N-dealkylation sites (tertiary alicyclic amines) is 1. The lowest BCUT2D eigenvalue weighted by atomic mass is 10.2. The van der Waals surface area contributed by atoms with Gasteiger partial charge in [-0.2, -0.15) is 0 Å². The Bertz CT molecular complexity index is 745. The molecule has 1 aliphatic rings. The zero-order valence-corrected chi connectivity index (χ0v) is 14.8. The first-order chi connectivity index (χ1) is 12.2. The number of unbranched alkanes of at least 4 members (excludes halogenated alkanes) is 1. The van der Waals surface area contributed by atoms with E-state index in [0.29, 0.717) is 17.8 Å². The molecular weight excluding hydrogens is 316 g/mol. The van der Waals surface area contributed by atoms with E-state index in [1.807, 2.05) is 23.1 Å². The fourth-order valence-corrected chi connectivity index (χ4v) is 3.24. The number of amides is 2. The van der Waals surface area contributed by atoms with Crippen molar-refractivity contribution in [2.24, 2.45) is 0 Å². The van der Waals surface area contributed by atoms with Gasteiger partial charge in [0.05, 0.1) is 5.52 Å². The van der Waals surface area contributed by atoms with Crippen LogP contribution in [0.3, 0.4) is 0 Å². The van der Waals surface area contributed by atoms with Crippen LogP contribution in [0.2, 0.25) is 0 Å². The average Bonchev–Trinajstić information content (AvgIpc) is 2.81. The molecule has 6 heteroatoms. The number of nitrogens with one attached hydrogen (secondary N) is 1. The molecule has 1 fully saturated rings. The predicted molar refractivity (Wildman–Crippen MR) is 96.8 cm³/mol. The van der Waals surface area contributed by atoms with Gasteiger partial charge in [-0.05, 0) is 31.4 Å². The van der Waals surface area contributed by atoms with Gasteiger partial charge in [0.1, 0.15) is 0 Å². The number of hydrogen-bond acceptors (Lipinski definition) is 3. The third-order valence-electron chi connectivity index (χ3n) is 4.66. The molecule has 1 aliphatic heterocycles. The Morgan fingerprint density at radius 1 is 1.16 bits per heavy atom. The minimum atomic E-state index is -0.232. The Morgan fingerprint density at radius 2 is 1.92 bits per heavy atom. The summed E-state index contributed by atoms with van der Waals surface area (Å²) in [6.45, 7) is 4.23. The third-order valence-corrected chi connectivity index (χ3v) is 4.66. The lowest BCUT2D eigenvalue weighted by Gasteiger charge is -2.19. The summed E-state index contributed by atoms with van der Waals surface area (Å²) >= 11 is 0. The summed E-state index contributed by atoms with van der Waals surface area (Å²) in [7, 11) is 0. The summed E-state index contributed by atoms with van der Waals surface area (Å²) < 4.78 is 1.71. The highest BCUT2D eigenvalue weighted by Gasteiger charge is 2.25. The monoisotopic (exact) mass is 342 g/mol. The number of aromatic nitrogens is 2. The number of fused-ring (bicyclic) bond motifs is 1. The lowest BCUT2D eigenvalue weighted by Crippen LogP contribution is -2.32. The first-order valence-electron chi connectivity index (χ1n) is 9.27. The number of hydrogen-bond donors (Lipinski definition) is 1. The largest absolute Gasteiger partial charge is 0.349 e. The summed E-state index contributed by atoms with van der Waals surface area (Å²) in [6.07, 6.45) is 8.12. The molecule has 2 amide bonds. The molecule has 0 radical (unpaired) electrons. The van der Waals surface area contributed by atoms with Gasteiger partial charge in [0, 0.05) is 25.8 Å². The molecule has 0 spiro atoms. The van der Waals surface area contributed by atoms with E-state index in [4.69, 9.17) is 0 Å². The minimum Gasteiger partial charge on any atom is -0.349 e. The molecule has 0 aliphatic carbocycles. The van der Waals surface area contributed by atoms with E-state index in [-0.39, 0.29) is 17.6 Å². The maximum absolute atomic E-state index is 13.0. The Hall–Kier alpha value is -2.37. The number of imidazole rings is 1. The number of carbonyl (C=O) groups excluding carboxylic acids is 2. The Kier molecular flexibility index (Phi) is 5.68. The van der Waals surface area contributed by atoms with Crippen LogP contribution < -0.4 is 5.32 Å². The fourth-order valence-electron chi connectivity index (χ4n) is 3.24. The van der Waals surface area contributed by atoms with Gasteiger partial charge in [-0.25, -0.2) is 4.98 Å². The van der Waals surface area contributed by atoms with E-state index in [0.717, 1.165) is 38.8 Å². The predicted octanol–water partition coefficient (Wildman–Crippen LogP) is 2.88. The molecule has 1 N–H and O–H groups in total. The molecule has 1 saturated heterocycles. The first kappa shape index (κ1) is 17.5. The first-order valence-corrected chi connectivity index (χ1v) is 9.27. The van der Waals surface area contributed by atoms with Gasteiger partial charge >= 0.3 is 0 Å². The SMILES string of the molecule is CCCCNC(=O)c1nc(C(=O)N2CCCCCC2)c2ccccn12. The van der Waals surface area contributed by atoms with Crippen molar-refractivity contribution in [3.63, 3.8) is 0 Å². The molecule has 0 unspecified atom stereocenters. The van der Waals surface area contributed by atoms with Crippen molar-refractivity contribution in [3.8, 4) is 0 Å². The molecule has 25 heavy (non-hydrogen) atoms. The highest BCUT2D eigenvalue weighted by Crippen LogP contribution is 2.18. The molecular formula is C19H26N4O2. The summed E-state index contributed by atoms with van der Waals surface area (Å²) in [4.78, 5) is 31.8. The number of pyridine rings is 1. The van der Waals surface area contributed by atoms with Crippen molar-refractivity contribution in [3.05, 3.63) is 35.9 Å². The van der Waals surface area contributed by atoms with Crippen LogP contribution in [0.25, 0.3) is 5.52 Å². The van der Waals surface area contributed by atoms with E-state index in [1.165, 1.54) is 12.8 Å². The maximum atomic E-state index is 13.0. The van der Waals surface area contributed by atoms with E-state index in [9.17, 15) is 9.59 Å². The molecule has 2 aromatic rings. The molecule has 0 saturated carbocycles. The average molecular weight is 342 g/mol. The van der Waals surface area contributed by atoms with Gasteiger partial charge in [-0.3, -0.25) is 14.0 Å². The van der Waals surface area contributed by atoms with Gasteiger partial charge in [-0.15, -0.1) is 0 Å². The molecule has 0 atom stereocenters. The zero-order valence-electron chi connectivity index (χ0n) is 14.8. The van der Waals surface area contributed by atoms with Crippen molar-refractivity contribution < 1.29 is 9.59 Å². The Morgan fingerprint density at radius 3 is 2.64 bits per heavy atom. The Balaban J connectivity index is 1.90. The standard InChI is InChI=1S/C19H26N4O2/c1-2-3-11-20-18(24)17-21-16(15-10-6-9-14-23(15)17)19(25)22-12-7-4-5-8-13-22/h6,9-10,14H,2-5,7-8,11-13H2,1H3,(H,20,24). The topological polar surface area (TPSA) is 66.7 Å². The fraction of sp³-hybridized carbons (Fsp3) is 0.526. The van der Waals surface area contributed by atoms with Crippen LogP contribution >= 0.6 is 0 Å². The minimum absolute atomic E-state index is 0.0711. The number of nitrogens with zero attached hydrogens (tertiary/aromatic N) is 3. The molecule has 0 aromatic carbocycles.